The Balaban J connectivity index is 1.40. The van der Waals surface area contributed by atoms with Gasteiger partial charge in [0, 0.05) is 24.0 Å². The fraction of sp³-hybridized carbons (Fsp3) is 0.333. The van der Waals surface area contributed by atoms with Crippen molar-refractivity contribution in [2.75, 3.05) is 18.5 Å². The van der Waals surface area contributed by atoms with Crippen molar-refractivity contribution in [1.82, 2.24) is 9.29 Å². The maximum atomic E-state index is 12.9. The van der Waals surface area contributed by atoms with Crippen molar-refractivity contribution in [2.24, 2.45) is 11.0 Å². The van der Waals surface area contributed by atoms with Crippen LogP contribution in [0.4, 0.5) is 5.13 Å². The fourth-order valence-electron chi connectivity index (χ4n) is 3.63. The third-order valence-electron chi connectivity index (χ3n) is 5.80. The molecular weight excluding hydrogens is 440 g/mol. The summed E-state index contributed by atoms with van der Waals surface area (Å²) in [4.78, 5) is 4.90. The van der Waals surface area contributed by atoms with Gasteiger partial charge in [-0.15, -0.1) is 11.3 Å². The standard InChI is InChI=1S/C24H28N4O2S2/c1-3-19-4-6-20(7-5-19)16-25-27-24-26-23(17-31-24)21-8-10-22(11-9-21)32(29,30)28-14-12-18(2)13-15-28/h4-11,16-18H,3,12-15H2,1-2H3,(H,26,27)/b25-16+. The van der Waals surface area contributed by atoms with Crippen LogP contribution in [0.3, 0.4) is 0 Å². The third-order valence-corrected chi connectivity index (χ3v) is 8.46. The van der Waals surface area contributed by atoms with Crippen molar-refractivity contribution in [2.45, 2.75) is 38.0 Å². The predicted octanol–water partition coefficient (Wildman–Crippen LogP) is 5.24. The summed E-state index contributed by atoms with van der Waals surface area (Å²) in [5.41, 5.74) is 6.95. The quantitative estimate of drug-likeness (QED) is 0.380. The molecule has 0 spiro atoms. The summed E-state index contributed by atoms with van der Waals surface area (Å²) in [6.07, 6.45) is 4.61. The second-order valence-electron chi connectivity index (χ2n) is 8.11. The van der Waals surface area contributed by atoms with Gasteiger partial charge in [0.15, 0.2) is 0 Å². The normalized spacial score (nSPS) is 15.9. The van der Waals surface area contributed by atoms with Crippen LogP contribution in [0.1, 0.15) is 37.8 Å². The molecule has 0 amide bonds. The van der Waals surface area contributed by atoms with Gasteiger partial charge in [0.25, 0.3) is 0 Å². The molecule has 0 unspecified atom stereocenters. The molecule has 2 heterocycles. The highest BCUT2D eigenvalue weighted by atomic mass is 32.2. The molecule has 32 heavy (non-hydrogen) atoms. The van der Waals surface area contributed by atoms with Gasteiger partial charge >= 0.3 is 0 Å². The Morgan fingerprint density at radius 1 is 1.12 bits per heavy atom. The van der Waals surface area contributed by atoms with Gasteiger partial charge in [-0.05, 0) is 48.4 Å². The van der Waals surface area contributed by atoms with Gasteiger partial charge in [0.05, 0.1) is 16.8 Å². The molecule has 8 heteroatoms. The van der Waals surface area contributed by atoms with E-state index in [4.69, 9.17) is 0 Å². The Morgan fingerprint density at radius 2 is 1.81 bits per heavy atom. The first-order valence-corrected chi connectivity index (χ1v) is 13.2. The molecule has 0 saturated carbocycles. The summed E-state index contributed by atoms with van der Waals surface area (Å²) in [6, 6.07) is 15.2. The average Bonchev–Trinajstić information content (AvgIpc) is 3.29. The highest BCUT2D eigenvalue weighted by molar-refractivity contribution is 7.89. The Hall–Kier alpha value is -2.55. The van der Waals surface area contributed by atoms with Crippen molar-refractivity contribution in [1.29, 1.82) is 0 Å². The van der Waals surface area contributed by atoms with E-state index in [1.165, 1.54) is 16.9 Å². The highest BCUT2D eigenvalue weighted by Gasteiger charge is 2.27. The predicted molar refractivity (Wildman–Crippen MR) is 132 cm³/mol. The molecular formula is C24H28N4O2S2. The zero-order valence-electron chi connectivity index (χ0n) is 18.4. The van der Waals surface area contributed by atoms with Gasteiger partial charge in [0.1, 0.15) is 0 Å². The van der Waals surface area contributed by atoms with Gasteiger partial charge in [-0.25, -0.2) is 13.4 Å². The van der Waals surface area contributed by atoms with Crippen molar-refractivity contribution in [3.05, 3.63) is 65.0 Å². The lowest BCUT2D eigenvalue weighted by atomic mass is 10.0. The second kappa shape index (κ2) is 9.94. The third kappa shape index (κ3) is 5.26. The smallest absolute Gasteiger partial charge is 0.243 e. The van der Waals surface area contributed by atoms with Gasteiger partial charge in [-0.2, -0.15) is 9.41 Å². The number of hydrogen-bond acceptors (Lipinski definition) is 6. The van der Waals surface area contributed by atoms with Crippen molar-refractivity contribution >= 4 is 32.7 Å². The maximum absolute atomic E-state index is 12.9. The molecule has 1 fully saturated rings. The molecule has 1 N–H and O–H groups in total. The van der Waals surface area contributed by atoms with Crippen molar-refractivity contribution in [3.63, 3.8) is 0 Å². The maximum Gasteiger partial charge on any atom is 0.243 e. The molecule has 1 aliphatic heterocycles. The molecule has 1 aliphatic rings. The zero-order chi connectivity index (χ0) is 22.6. The summed E-state index contributed by atoms with van der Waals surface area (Å²) in [7, 11) is -3.44. The lowest BCUT2D eigenvalue weighted by molar-refractivity contribution is 0.288. The van der Waals surface area contributed by atoms with E-state index < -0.39 is 10.0 Å². The number of piperidine rings is 1. The van der Waals surface area contributed by atoms with Crippen LogP contribution in [-0.2, 0) is 16.4 Å². The van der Waals surface area contributed by atoms with E-state index in [-0.39, 0.29) is 0 Å². The Kier molecular flexibility index (Phi) is 7.03. The van der Waals surface area contributed by atoms with Crippen molar-refractivity contribution < 1.29 is 8.42 Å². The number of nitrogens with one attached hydrogen (secondary N) is 1. The molecule has 4 rings (SSSR count). The second-order valence-corrected chi connectivity index (χ2v) is 10.9. The summed E-state index contributed by atoms with van der Waals surface area (Å²) >= 11 is 1.46. The first-order valence-electron chi connectivity index (χ1n) is 10.9. The summed E-state index contributed by atoms with van der Waals surface area (Å²) in [6.45, 7) is 5.49. The SMILES string of the molecule is CCc1ccc(/C=N/Nc2nc(-c3ccc(S(=O)(=O)N4CCC(C)CC4)cc3)cs2)cc1. The lowest BCUT2D eigenvalue weighted by Crippen LogP contribution is -2.37. The van der Waals surface area contributed by atoms with E-state index in [1.54, 1.807) is 22.7 Å². The molecule has 0 radical (unpaired) electrons. The minimum absolute atomic E-state index is 0.336. The number of rotatable bonds is 7. The van der Waals surface area contributed by atoms with E-state index in [9.17, 15) is 8.42 Å². The molecule has 0 aliphatic carbocycles. The minimum Gasteiger partial charge on any atom is -0.253 e. The van der Waals surface area contributed by atoms with Gasteiger partial charge in [-0.1, -0.05) is 50.2 Å². The highest BCUT2D eigenvalue weighted by Crippen LogP contribution is 2.28. The molecule has 6 nitrogen and oxygen atoms in total. The number of thiazole rings is 1. The number of benzene rings is 2. The van der Waals surface area contributed by atoms with Gasteiger partial charge < -0.3 is 0 Å². The van der Waals surface area contributed by atoms with Gasteiger partial charge in [0.2, 0.25) is 15.2 Å². The summed E-state index contributed by atoms with van der Waals surface area (Å²) in [5.74, 6) is 0.585. The number of sulfonamides is 1. The monoisotopic (exact) mass is 468 g/mol. The zero-order valence-corrected chi connectivity index (χ0v) is 20.0. The summed E-state index contributed by atoms with van der Waals surface area (Å²) in [5, 5.41) is 6.88. The fourth-order valence-corrected chi connectivity index (χ4v) is 5.77. The number of anilines is 1. The van der Waals surface area contributed by atoms with E-state index in [0.29, 0.717) is 29.0 Å². The van der Waals surface area contributed by atoms with Crippen LogP contribution < -0.4 is 5.43 Å². The first kappa shape index (κ1) is 22.6. The molecule has 0 atom stereocenters. The molecule has 1 saturated heterocycles. The van der Waals surface area contributed by atoms with Crippen LogP contribution in [0.25, 0.3) is 11.3 Å². The lowest BCUT2D eigenvalue weighted by Gasteiger charge is -2.29. The number of hydrazone groups is 1. The molecule has 168 valence electrons. The van der Waals surface area contributed by atoms with Crippen LogP contribution in [0.5, 0.6) is 0 Å². The van der Waals surface area contributed by atoms with Crippen LogP contribution >= 0.6 is 11.3 Å². The number of nitrogens with zero attached hydrogens (tertiary/aromatic N) is 3. The topological polar surface area (TPSA) is 74.7 Å². The van der Waals surface area contributed by atoms with Crippen LogP contribution in [0, 0.1) is 5.92 Å². The van der Waals surface area contributed by atoms with Crippen LogP contribution in [0.15, 0.2) is 63.9 Å². The Bertz CT molecular complexity index is 1160. The Morgan fingerprint density at radius 3 is 2.47 bits per heavy atom. The average molecular weight is 469 g/mol. The van der Waals surface area contributed by atoms with E-state index in [0.717, 1.165) is 36.1 Å². The van der Waals surface area contributed by atoms with E-state index in [2.05, 4.69) is 41.5 Å². The van der Waals surface area contributed by atoms with Gasteiger partial charge in [-0.3, -0.25) is 5.43 Å². The molecule has 3 aromatic rings. The van der Waals surface area contributed by atoms with E-state index >= 15 is 0 Å². The minimum atomic E-state index is -3.44. The molecule has 1 aromatic heterocycles. The first-order chi connectivity index (χ1) is 15.5. The molecule has 0 bridgehead atoms. The Labute approximate surface area is 194 Å². The number of aryl methyl sites for hydroxylation is 1. The summed E-state index contributed by atoms with van der Waals surface area (Å²) < 4.78 is 27.4. The van der Waals surface area contributed by atoms with Crippen LogP contribution in [0.2, 0.25) is 0 Å². The largest absolute Gasteiger partial charge is 0.253 e. The number of hydrogen-bond donors (Lipinski definition) is 1. The van der Waals surface area contributed by atoms with Crippen molar-refractivity contribution in [3.8, 4) is 11.3 Å². The molecule has 2 aromatic carbocycles. The van der Waals surface area contributed by atoms with E-state index in [1.807, 2.05) is 29.6 Å². The number of aromatic nitrogens is 1. The van der Waals surface area contributed by atoms with Crippen LogP contribution in [-0.4, -0.2) is 37.0 Å².